The van der Waals surface area contributed by atoms with Crippen molar-refractivity contribution < 1.29 is 18.1 Å². The summed E-state index contributed by atoms with van der Waals surface area (Å²) in [6.45, 7) is 5.73. The Bertz CT molecular complexity index is 1080. The lowest BCUT2D eigenvalue weighted by atomic mass is 10.1. The minimum atomic E-state index is -3.25. The standard InChI is InChI=1S/C18H20N4O5S/c1-18(2,3)21-17(14-10-28(26,27)11-15(14)20-21)19-16(23)9-6-12-4-7-13(8-5-12)22(24)25/h4-9H,10-11H2,1-3H3,(H,19,23)/b9-6-. The summed E-state index contributed by atoms with van der Waals surface area (Å²) < 4.78 is 25.4. The zero-order valence-electron chi connectivity index (χ0n) is 15.7. The number of anilines is 1. The normalized spacial score (nSPS) is 15.5. The second-order valence-corrected chi connectivity index (χ2v) is 9.62. The Kier molecular flexibility index (Phi) is 4.84. The summed E-state index contributed by atoms with van der Waals surface area (Å²) in [5, 5.41) is 17.8. The van der Waals surface area contributed by atoms with Crippen molar-refractivity contribution in [3.05, 3.63) is 57.3 Å². The number of hydrogen-bond acceptors (Lipinski definition) is 6. The first-order valence-corrected chi connectivity index (χ1v) is 10.3. The number of nitrogens with zero attached hydrogens (tertiary/aromatic N) is 3. The maximum Gasteiger partial charge on any atom is 0.269 e. The van der Waals surface area contributed by atoms with Crippen LogP contribution < -0.4 is 5.32 Å². The Morgan fingerprint density at radius 2 is 1.89 bits per heavy atom. The van der Waals surface area contributed by atoms with Gasteiger partial charge in [-0.05, 0) is 44.5 Å². The number of aromatic nitrogens is 2. The number of fused-ring (bicyclic) bond motifs is 1. The molecule has 9 nitrogen and oxygen atoms in total. The Balaban J connectivity index is 1.83. The van der Waals surface area contributed by atoms with E-state index in [2.05, 4.69) is 10.4 Å². The molecule has 0 fully saturated rings. The molecule has 10 heteroatoms. The summed E-state index contributed by atoms with van der Waals surface area (Å²) in [6.07, 6.45) is 2.81. The summed E-state index contributed by atoms with van der Waals surface area (Å²) >= 11 is 0. The van der Waals surface area contributed by atoms with E-state index >= 15 is 0 Å². The fourth-order valence-electron chi connectivity index (χ4n) is 2.89. The van der Waals surface area contributed by atoms with E-state index in [1.165, 1.54) is 36.4 Å². The third-order valence-corrected chi connectivity index (χ3v) is 5.64. The quantitative estimate of drug-likeness (QED) is 0.474. The van der Waals surface area contributed by atoms with Gasteiger partial charge in [0.05, 0.1) is 27.7 Å². The van der Waals surface area contributed by atoms with Crippen LogP contribution in [-0.4, -0.2) is 29.0 Å². The number of carbonyl (C=O) groups excluding carboxylic acids is 1. The van der Waals surface area contributed by atoms with Gasteiger partial charge in [0.25, 0.3) is 5.69 Å². The second-order valence-electron chi connectivity index (χ2n) is 7.56. The van der Waals surface area contributed by atoms with E-state index < -0.39 is 26.2 Å². The molecule has 0 saturated carbocycles. The van der Waals surface area contributed by atoms with Crippen molar-refractivity contribution in [2.24, 2.45) is 0 Å². The fraction of sp³-hybridized carbons (Fsp3) is 0.333. The lowest BCUT2D eigenvalue weighted by Crippen LogP contribution is -2.27. The largest absolute Gasteiger partial charge is 0.307 e. The van der Waals surface area contributed by atoms with Crippen LogP contribution >= 0.6 is 0 Å². The average molecular weight is 404 g/mol. The topological polar surface area (TPSA) is 124 Å². The number of amides is 1. The molecule has 148 valence electrons. The molecule has 2 aromatic rings. The maximum atomic E-state index is 12.4. The number of nitrogens with one attached hydrogen (secondary N) is 1. The first-order valence-electron chi connectivity index (χ1n) is 8.51. The number of hydrogen-bond donors (Lipinski definition) is 1. The van der Waals surface area contributed by atoms with Crippen LogP contribution in [0.4, 0.5) is 11.5 Å². The van der Waals surface area contributed by atoms with Crippen LogP contribution in [0.1, 0.15) is 37.6 Å². The van der Waals surface area contributed by atoms with Gasteiger partial charge in [-0.25, -0.2) is 13.1 Å². The van der Waals surface area contributed by atoms with Crippen molar-refractivity contribution >= 4 is 33.3 Å². The highest BCUT2D eigenvalue weighted by atomic mass is 32.2. The molecule has 0 bridgehead atoms. The van der Waals surface area contributed by atoms with Crippen molar-refractivity contribution in [3.63, 3.8) is 0 Å². The number of nitro benzene ring substituents is 1. The van der Waals surface area contributed by atoms with Crippen LogP contribution in [0.15, 0.2) is 30.3 Å². The van der Waals surface area contributed by atoms with Crippen molar-refractivity contribution in [2.45, 2.75) is 37.8 Å². The summed E-state index contributed by atoms with van der Waals surface area (Å²) in [5.41, 5.74) is 1.13. The van der Waals surface area contributed by atoms with E-state index in [1.54, 1.807) is 4.68 Å². The molecule has 3 rings (SSSR count). The number of sulfone groups is 1. The molecule has 1 N–H and O–H groups in total. The van der Waals surface area contributed by atoms with Crippen molar-refractivity contribution in [3.8, 4) is 0 Å². The lowest BCUT2D eigenvalue weighted by Gasteiger charge is -2.23. The molecule has 2 heterocycles. The molecule has 0 saturated heterocycles. The van der Waals surface area contributed by atoms with Crippen molar-refractivity contribution in [2.75, 3.05) is 5.32 Å². The number of carbonyl (C=O) groups is 1. The Morgan fingerprint density at radius 1 is 1.25 bits per heavy atom. The van der Waals surface area contributed by atoms with Gasteiger partial charge in [-0.2, -0.15) is 5.10 Å². The summed E-state index contributed by atoms with van der Waals surface area (Å²) in [5.74, 6) is -0.356. The highest BCUT2D eigenvalue weighted by Gasteiger charge is 2.35. The zero-order chi connectivity index (χ0) is 20.7. The van der Waals surface area contributed by atoms with Gasteiger partial charge >= 0.3 is 0 Å². The number of non-ortho nitro benzene ring substituents is 1. The van der Waals surface area contributed by atoms with Gasteiger partial charge < -0.3 is 5.32 Å². The molecule has 0 atom stereocenters. The van der Waals surface area contributed by atoms with Gasteiger partial charge in [-0.3, -0.25) is 14.9 Å². The molecule has 1 aliphatic heterocycles. The van der Waals surface area contributed by atoms with E-state index in [0.29, 0.717) is 22.6 Å². The molecule has 0 radical (unpaired) electrons. The number of benzene rings is 1. The molecular formula is C18H20N4O5S. The van der Waals surface area contributed by atoms with Gasteiger partial charge in [0.15, 0.2) is 9.84 Å². The second kappa shape index (κ2) is 6.86. The van der Waals surface area contributed by atoms with E-state index in [9.17, 15) is 23.3 Å². The van der Waals surface area contributed by atoms with Crippen LogP contribution in [0.5, 0.6) is 0 Å². The molecule has 0 spiro atoms. The van der Waals surface area contributed by atoms with Crippen molar-refractivity contribution in [1.29, 1.82) is 0 Å². The summed E-state index contributed by atoms with van der Waals surface area (Å²) in [4.78, 5) is 22.6. The molecule has 28 heavy (non-hydrogen) atoms. The summed E-state index contributed by atoms with van der Waals surface area (Å²) in [7, 11) is -3.25. The lowest BCUT2D eigenvalue weighted by molar-refractivity contribution is -0.384. The zero-order valence-corrected chi connectivity index (χ0v) is 16.5. The van der Waals surface area contributed by atoms with E-state index in [-0.39, 0.29) is 17.2 Å². The molecule has 1 amide bonds. The number of rotatable bonds is 4. The van der Waals surface area contributed by atoms with Gasteiger partial charge in [0.2, 0.25) is 5.91 Å². The molecule has 1 aromatic heterocycles. The van der Waals surface area contributed by atoms with E-state index in [1.807, 2.05) is 20.8 Å². The SMILES string of the molecule is CC(C)(C)n1nc2c(c1NC(=O)/C=C\c1ccc([N+](=O)[O-])cc1)CS(=O)(=O)C2. The smallest absolute Gasteiger partial charge is 0.269 e. The minimum Gasteiger partial charge on any atom is -0.307 e. The molecule has 0 unspecified atom stereocenters. The minimum absolute atomic E-state index is 0.0348. The summed E-state index contributed by atoms with van der Waals surface area (Å²) in [6, 6.07) is 5.77. The monoisotopic (exact) mass is 404 g/mol. The highest BCUT2D eigenvalue weighted by Crippen LogP contribution is 2.34. The predicted molar refractivity (Wildman–Crippen MR) is 104 cm³/mol. The Morgan fingerprint density at radius 3 is 2.46 bits per heavy atom. The Hall–Kier alpha value is -3.01. The molecule has 1 aliphatic rings. The molecule has 1 aromatic carbocycles. The van der Waals surface area contributed by atoms with Crippen LogP contribution in [0.2, 0.25) is 0 Å². The predicted octanol–water partition coefficient (Wildman–Crippen LogP) is 2.63. The van der Waals surface area contributed by atoms with Gasteiger partial charge in [-0.15, -0.1) is 0 Å². The van der Waals surface area contributed by atoms with E-state index in [0.717, 1.165) is 0 Å². The van der Waals surface area contributed by atoms with Gasteiger partial charge in [-0.1, -0.05) is 0 Å². The van der Waals surface area contributed by atoms with Gasteiger partial charge in [0.1, 0.15) is 5.82 Å². The first-order chi connectivity index (χ1) is 13.0. The van der Waals surface area contributed by atoms with Crippen LogP contribution in [0.3, 0.4) is 0 Å². The third kappa shape index (κ3) is 4.11. The van der Waals surface area contributed by atoms with Crippen LogP contribution in [-0.2, 0) is 31.7 Å². The van der Waals surface area contributed by atoms with Crippen LogP contribution in [0, 0.1) is 10.1 Å². The third-order valence-electron chi connectivity index (χ3n) is 4.20. The average Bonchev–Trinajstić information content (AvgIpc) is 3.06. The Labute approximate surface area is 162 Å². The highest BCUT2D eigenvalue weighted by molar-refractivity contribution is 7.90. The first kappa shape index (κ1) is 19.7. The van der Waals surface area contributed by atoms with Crippen molar-refractivity contribution in [1.82, 2.24) is 9.78 Å². The molecular weight excluding hydrogens is 384 g/mol. The fourth-order valence-corrected chi connectivity index (χ4v) is 4.39. The molecule has 0 aliphatic carbocycles. The maximum absolute atomic E-state index is 12.4. The van der Waals surface area contributed by atoms with Crippen LogP contribution in [0.25, 0.3) is 6.08 Å². The van der Waals surface area contributed by atoms with E-state index in [4.69, 9.17) is 0 Å². The number of nitro groups is 1. The van der Waals surface area contributed by atoms with Gasteiger partial charge in [0, 0.05) is 23.8 Å².